The van der Waals surface area contributed by atoms with Crippen molar-refractivity contribution in [3.05, 3.63) is 76.6 Å². The average Bonchev–Trinajstić information content (AvgIpc) is 2.68. The molecule has 5 nitrogen and oxygen atoms in total. The maximum absolute atomic E-state index is 12.6. The lowest BCUT2D eigenvalue weighted by atomic mass is 10.1. The fourth-order valence-electron chi connectivity index (χ4n) is 3.34. The first-order valence-corrected chi connectivity index (χ1v) is 8.44. The van der Waals surface area contributed by atoms with Gasteiger partial charge in [0, 0.05) is 43.2 Å². The second-order valence-corrected chi connectivity index (χ2v) is 6.21. The van der Waals surface area contributed by atoms with Crippen LogP contribution in [0.5, 0.6) is 0 Å². The summed E-state index contributed by atoms with van der Waals surface area (Å²) in [5.41, 5.74) is 2.50. The van der Waals surface area contributed by atoms with Crippen LogP contribution in [0.4, 0.5) is 5.69 Å². The SMILES string of the molecule is O=C(c1ccccc1)N1CCN(c2cccc3ccc(=O)[nH]c23)CC1. The number of H-pyrrole nitrogens is 1. The maximum atomic E-state index is 12.6. The quantitative estimate of drug-likeness (QED) is 0.784. The largest absolute Gasteiger partial charge is 0.366 e. The molecule has 1 aromatic heterocycles. The Labute approximate surface area is 145 Å². The Morgan fingerprint density at radius 3 is 2.36 bits per heavy atom. The van der Waals surface area contributed by atoms with Crippen molar-refractivity contribution in [1.82, 2.24) is 9.88 Å². The molecule has 2 aromatic carbocycles. The molecule has 0 radical (unpaired) electrons. The van der Waals surface area contributed by atoms with Crippen molar-refractivity contribution in [1.29, 1.82) is 0 Å². The van der Waals surface area contributed by atoms with E-state index in [1.165, 1.54) is 0 Å². The number of nitrogens with one attached hydrogen (secondary N) is 1. The van der Waals surface area contributed by atoms with Gasteiger partial charge in [-0.1, -0.05) is 30.3 Å². The number of hydrogen-bond donors (Lipinski definition) is 1. The minimum absolute atomic E-state index is 0.0755. The van der Waals surface area contributed by atoms with Crippen molar-refractivity contribution >= 4 is 22.5 Å². The van der Waals surface area contributed by atoms with Crippen molar-refractivity contribution in [2.24, 2.45) is 0 Å². The van der Waals surface area contributed by atoms with Crippen LogP contribution in [-0.4, -0.2) is 42.0 Å². The summed E-state index contributed by atoms with van der Waals surface area (Å²) >= 11 is 0. The van der Waals surface area contributed by atoms with Crippen LogP contribution in [0, 0.1) is 0 Å². The molecule has 126 valence electrons. The molecule has 2 heterocycles. The van der Waals surface area contributed by atoms with Gasteiger partial charge in [0.25, 0.3) is 5.91 Å². The van der Waals surface area contributed by atoms with Gasteiger partial charge in [-0.05, 0) is 24.3 Å². The summed E-state index contributed by atoms with van der Waals surface area (Å²) in [5, 5.41) is 1.01. The van der Waals surface area contributed by atoms with E-state index < -0.39 is 0 Å². The Morgan fingerprint density at radius 2 is 1.60 bits per heavy atom. The highest BCUT2D eigenvalue weighted by molar-refractivity contribution is 5.94. The number of rotatable bonds is 2. The molecule has 5 heteroatoms. The predicted molar refractivity (Wildman–Crippen MR) is 99.1 cm³/mol. The van der Waals surface area contributed by atoms with Crippen LogP contribution in [0.15, 0.2) is 65.5 Å². The standard InChI is InChI=1S/C20H19N3O2/c24-18-10-9-15-7-4-8-17(19(15)21-18)22-11-13-23(14-12-22)20(25)16-5-2-1-3-6-16/h1-10H,11-14H2,(H,21,24). The molecule has 1 amide bonds. The van der Waals surface area contributed by atoms with Gasteiger partial charge in [0.1, 0.15) is 0 Å². The van der Waals surface area contributed by atoms with Crippen LogP contribution in [0.2, 0.25) is 0 Å². The molecule has 0 spiro atoms. The van der Waals surface area contributed by atoms with Crippen LogP contribution in [0.3, 0.4) is 0 Å². The average molecular weight is 333 g/mol. The fourth-order valence-corrected chi connectivity index (χ4v) is 3.34. The maximum Gasteiger partial charge on any atom is 0.253 e. The zero-order valence-corrected chi connectivity index (χ0v) is 13.8. The molecule has 1 fully saturated rings. The zero-order valence-electron chi connectivity index (χ0n) is 13.8. The van der Waals surface area contributed by atoms with Crippen molar-refractivity contribution in [2.75, 3.05) is 31.1 Å². The number of para-hydroxylation sites is 1. The number of pyridine rings is 1. The fraction of sp³-hybridized carbons (Fsp3) is 0.200. The number of carbonyl (C=O) groups is 1. The summed E-state index contributed by atoms with van der Waals surface area (Å²) in [6.45, 7) is 2.82. The Morgan fingerprint density at radius 1 is 0.840 bits per heavy atom. The molecule has 25 heavy (non-hydrogen) atoms. The van der Waals surface area contributed by atoms with E-state index in [0.29, 0.717) is 13.1 Å². The predicted octanol–water partition coefficient (Wildman–Crippen LogP) is 2.49. The van der Waals surface area contributed by atoms with Gasteiger partial charge in [0.05, 0.1) is 11.2 Å². The van der Waals surface area contributed by atoms with Crippen molar-refractivity contribution in [3.63, 3.8) is 0 Å². The molecule has 0 bridgehead atoms. The summed E-state index contributed by atoms with van der Waals surface area (Å²) in [5.74, 6) is 0.0755. The highest BCUT2D eigenvalue weighted by Crippen LogP contribution is 2.25. The number of benzene rings is 2. The van der Waals surface area contributed by atoms with E-state index in [2.05, 4.69) is 9.88 Å². The molecule has 1 saturated heterocycles. The van der Waals surface area contributed by atoms with Gasteiger partial charge in [0.15, 0.2) is 0 Å². The third kappa shape index (κ3) is 3.01. The number of fused-ring (bicyclic) bond motifs is 1. The van der Waals surface area contributed by atoms with E-state index in [0.717, 1.165) is 35.2 Å². The van der Waals surface area contributed by atoms with Gasteiger partial charge in [-0.3, -0.25) is 9.59 Å². The minimum Gasteiger partial charge on any atom is -0.366 e. The van der Waals surface area contributed by atoms with Crippen LogP contribution in [-0.2, 0) is 0 Å². The molecule has 1 N–H and O–H groups in total. The molecule has 1 aliphatic rings. The van der Waals surface area contributed by atoms with Gasteiger partial charge < -0.3 is 14.8 Å². The first-order chi connectivity index (χ1) is 12.2. The molecule has 3 aromatic rings. The number of anilines is 1. The number of hydrogen-bond acceptors (Lipinski definition) is 3. The molecule has 0 saturated carbocycles. The lowest BCUT2D eigenvalue weighted by Gasteiger charge is -2.36. The Kier molecular flexibility index (Phi) is 3.98. The van der Waals surface area contributed by atoms with Crippen LogP contribution >= 0.6 is 0 Å². The van der Waals surface area contributed by atoms with Gasteiger partial charge in [-0.25, -0.2) is 0 Å². The van der Waals surface area contributed by atoms with Crippen molar-refractivity contribution in [2.45, 2.75) is 0 Å². The van der Waals surface area contributed by atoms with Gasteiger partial charge in [-0.15, -0.1) is 0 Å². The first kappa shape index (κ1) is 15.4. The number of piperazine rings is 1. The van der Waals surface area contributed by atoms with E-state index in [1.54, 1.807) is 6.07 Å². The van der Waals surface area contributed by atoms with Gasteiger partial charge in [-0.2, -0.15) is 0 Å². The molecule has 4 rings (SSSR count). The molecule has 0 atom stereocenters. The molecule has 0 aliphatic carbocycles. The number of aromatic nitrogens is 1. The van der Waals surface area contributed by atoms with Gasteiger partial charge in [0.2, 0.25) is 5.56 Å². The Hall–Kier alpha value is -3.08. The second-order valence-electron chi connectivity index (χ2n) is 6.21. The highest BCUT2D eigenvalue weighted by Gasteiger charge is 2.23. The van der Waals surface area contributed by atoms with Crippen LogP contribution in [0.25, 0.3) is 10.9 Å². The van der Waals surface area contributed by atoms with Crippen molar-refractivity contribution < 1.29 is 4.79 Å². The first-order valence-electron chi connectivity index (χ1n) is 8.44. The highest BCUT2D eigenvalue weighted by atomic mass is 16.2. The molecule has 0 unspecified atom stereocenters. The van der Waals surface area contributed by atoms with E-state index in [4.69, 9.17) is 0 Å². The summed E-state index contributed by atoms with van der Waals surface area (Å²) in [4.78, 5) is 31.3. The van der Waals surface area contributed by atoms with Crippen molar-refractivity contribution in [3.8, 4) is 0 Å². The topological polar surface area (TPSA) is 56.4 Å². The summed E-state index contributed by atoms with van der Waals surface area (Å²) in [6, 6.07) is 18.8. The van der Waals surface area contributed by atoms with E-state index in [1.807, 2.05) is 59.5 Å². The van der Waals surface area contributed by atoms with Crippen LogP contribution in [0.1, 0.15) is 10.4 Å². The van der Waals surface area contributed by atoms with E-state index >= 15 is 0 Å². The van der Waals surface area contributed by atoms with Crippen LogP contribution < -0.4 is 10.5 Å². The normalized spacial score (nSPS) is 14.7. The number of amides is 1. The number of nitrogens with zero attached hydrogens (tertiary/aromatic N) is 2. The Balaban J connectivity index is 1.54. The second kappa shape index (κ2) is 6.43. The summed E-state index contributed by atoms with van der Waals surface area (Å²) in [7, 11) is 0. The van der Waals surface area contributed by atoms with Gasteiger partial charge >= 0.3 is 0 Å². The molecular formula is C20H19N3O2. The lowest BCUT2D eigenvalue weighted by molar-refractivity contribution is 0.0747. The number of aromatic amines is 1. The van der Waals surface area contributed by atoms with E-state index in [9.17, 15) is 9.59 Å². The molecule has 1 aliphatic heterocycles. The zero-order chi connectivity index (χ0) is 17.2. The summed E-state index contributed by atoms with van der Waals surface area (Å²) in [6.07, 6.45) is 0. The number of carbonyl (C=O) groups excluding carboxylic acids is 1. The monoisotopic (exact) mass is 333 g/mol. The smallest absolute Gasteiger partial charge is 0.253 e. The third-order valence-corrected chi connectivity index (χ3v) is 4.67. The Bertz CT molecular complexity index is 957. The lowest BCUT2D eigenvalue weighted by Crippen LogP contribution is -2.48. The third-order valence-electron chi connectivity index (χ3n) is 4.67. The molecular weight excluding hydrogens is 314 g/mol. The summed E-state index contributed by atoms with van der Waals surface area (Å²) < 4.78 is 0. The minimum atomic E-state index is -0.0992. The van der Waals surface area contributed by atoms with E-state index in [-0.39, 0.29) is 11.5 Å².